The van der Waals surface area contributed by atoms with Crippen LogP contribution >= 0.6 is 0 Å². The second-order valence-electron chi connectivity index (χ2n) is 4.91. The molecule has 4 N–H and O–H groups in total. The minimum atomic E-state index is -0.559. The molecule has 0 fully saturated rings. The van der Waals surface area contributed by atoms with E-state index < -0.39 is 11.6 Å². The van der Waals surface area contributed by atoms with Crippen molar-refractivity contribution in [2.24, 2.45) is 11.1 Å². The fourth-order valence-electron chi connectivity index (χ4n) is 1.04. The molecule has 0 rings (SSSR count). The molecule has 0 saturated heterocycles. The Hall–Kier alpha value is -1.26. The van der Waals surface area contributed by atoms with E-state index in [1.807, 2.05) is 27.7 Å². The van der Waals surface area contributed by atoms with E-state index in [9.17, 15) is 9.59 Å². The van der Waals surface area contributed by atoms with Crippen LogP contribution in [0.4, 0.5) is 4.79 Å². The maximum absolute atomic E-state index is 10.8. The van der Waals surface area contributed by atoms with Gasteiger partial charge in [0.05, 0.1) is 0 Å². The van der Waals surface area contributed by atoms with Gasteiger partial charge in [0.15, 0.2) is 0 Å². The Balaban J connectivity index is 4.53. The molecule has 0 aliphatic carbocycles. The molecule has 15 heavy (non-hydrogen) atoms. The molecule has 88 valence electrons. The highest BCUT2D eigenvalue weighted by molar-refractivity contribution is 5.73. The first-order valence-electron chi connectivity index (χ1n) is 4.90. The number of carbonyl (C=O) groups is 2. The molecule has 0 saturated carbocycles. The van der Waals surface area contributed by atoms with Crippen LogP contribution in [0, 0.1) is 5.41 Å². The standard InChI is InChI=1S/C10H21N3O2/c1-7(14)12-6-9(2,3)10(4,5)13-8(11)15/h6H2,1-5H3,(H,12,14)(H3,11,13,15). The highest BCUT2D eigenvalue weighted by atomic mass is 16.2. The molecule has 0 unspecified atom stereocenters. The molecule has 0 spiro atoms. The highest BCUT2D eigenvalue weighted by Gasteiger charge is 2.37. The van der Waals surface area contributed by atoms with Gasteiger partial charge in [-0.1, -0.05) is 13.8 Å². The molecule has 5 heteroatoms. The Bertz CT molecular complexity index is 259. The van der Waals surface area contributed by atoms with Gasteiger partial charge in [-0.2, -0.15) is 0 Å². The van der Waals surface area contributed by atoms with Gasteiger partial charge in [0.2, 0.25) is 5.91 Å². The van der Waals surface area contributed by atoms with Gasteiger partial charge in [-0.25, -0.2) is 4.79 Å². The Morgan fingerprint density at radius 3 is 2.00 bits per heavy atom. The van der Waals surface area contributed by atoms with Crippen LogP contribution in [-0.2, 0) is 4.79 Å². The highest BCUT2D eigenvalue weighted by Crippen LogP contribution is 2.29. The Kier molecular flexibility index (Phi) is 4.13. The second kappa shape index (κ2) is 4.51. The molecule has 0 bridgehead atoms. The lowest BCUT2D eigenvalue weighted by Crippen LogP contribution is -2.58. The van der Waals surface area contributed by atoms with E-state index in [1.54, 1.807) is 0 Å². The Morgan fingerprint density at radius 2 is 1.67 bits per heavy atom. The zero-order valence-corrected chi connectivity index (χ0v) is 10.1. The van der Waals surface area contributed by atoms with Crippen molar-refractivity contribution in [3.63, 3.8) is 0 Å². The van der Waals surface area contributed by atoms with E-state index in [4.69, 9.17) is 5.73 Å². The van der Waals surface area contributed by atoms with Crippen molar-refractivity contribution in [2.45, 2.75) is 40.2 Å². The van der Waals surface area contributed by atoms with Crippen LogP contribution in [0.3, 0.4) is 0 Å². The molecular weight excluding hydrogens is 194 g/mol. The van der Waals surface area contributed by atoms with E-state index in [2.05, 4.69) is 10.6 Å². The van der Waals surface area contributed by atoms with Gasteiger partial charge in [0.25, 0.3) is 0 Å². The maximum atomic E-state index is 10.8. The lowest BCUT2D eigenvalue weighted by atomic mass is 9.74. The van der Waals surface area contributed by atoms with E-state index >= 15 is 0 Å². The fourth-order valence-corrected chi connectivity index (χ4v) is 1.04. The number of nitrogens with one attached hydrogen (secondary N) is 2. The predicted octanol–water partition coefficient (Wildman–Crippen LogP) is 0.596. The van der Waals surface area contributed by atoms with Crippen LogP contribution in [0.1, 0.15) is 34.6 Å². The van der Waals surface area contributed by atoms with Crippen molar-refractivity contribution in [3.8, 4) is 0 Å². The lowest BCUT2D eigenvalue weighted by molar-refractivity contribution is -0.119. The van der Waals surface area contributed by atoms with Crippen LogP contribution in [0.15, 0.2) is 0 Å². The average molecular weight is 215 g/mol. The zero-order valence-electron chi connectivity index (χ0n) is 10.1. The van der Waals surface area contributed by atoms with Gasteiger partial charge < -0.3 is 16.4 Å². The van der Waals surface area contributed by atoms with Crippen molar-refractivity contribution in [2.75, 3.05) is 6.54 Å². The number of rotatable bonds is 4. The monoisotopic (exact) mass is 215 g/mol. The number of carbonyl (C=O) groups excluding carboxylic acids is 2. The summed E-state index contributed by atoms with van der Waals surface area (Å²) in [6, 6.07) is -0.559. The first-order valence-corrected chi connectivity index (χ1v) is 4.90. The maximum Gasteiger partial charge on any atom is 0.312 e. The molecule has 0 radical (unpaired) electrons. The summed E-state index contributed by atoms with van der Waals surface area (Å²) in [5, 5.41) is 5.40. The predicted molar refractivity (Wildman–Crippen MR) is 59.3 cm³/mol. The molecule has 0 aromatic rings. The topological polar surface area (TPSA) is 84.2 Å². The summed E-state index contributed by atoms with van der Waals surface area (Å²) >= 11 is 0. The normalized spacial score (nSPS) is 12.1. The summed E-state index contributed by atoms with van der Waals surface area (Å²) in [6.07, 6.45) is 0. The van der Waals surface area contributed by atoms with Crippen LogP contribution < -0.4 is 16.4 Å². The number of primary amides is 1. The second-order valence-corrected chi connectivity index (χ2v) is 4.91. The summed E-state index contributed by atoms with van der Waals surface area (Å²) in [4.78, 5) is 21.6. The molecule has 3 amide bonds. The summed E-state index contributed by atoms with van der Waals surface area (Å²) < 4.78 is 0. The van der Waals surface area contributed by atoms with Crippen LogP contribution in [-0.4, -0.2) is 24.0 Å². The average Bonchev–Trinajstić information content (AvgIpc) is 1.98. The third-order valence-electron chi connectivity index (χ3n) is 2.91. The van der Waals surface area contributed by atoms with E-state index in [0.29, 0.717) is 6.54 Å². The summed E-state index contributed by atoms with van der Waals surface area (Å²) in [5.41, 5.74) is 4.32. The van der Waals surface area contributed by atoms with Gasteiger partial charge in [-0.05, 0) is 13.8 Å². The zero-order chi connectivity index (χ0) is 12.3. The Labute approximate surface area is 90.8 Å². The molecule has 0 atom stereocenters. The van der Waals surface area contributed by atoms with E-state index in [1.165, 1.54) is 6.92 Å². The van der Waals surface area contributed by atoms with E-state index in [-0.39, 0.29) is 11.3 Å². The van der Waals surface area contributed by atoms with Crippen molar-refractivity contribution in [3.05, 3.63) is 0 Å². The van der Waals surface area contributed by atoms with Gasteiger partial charge in [-0.3, -0.25) is 4.79 Å². The smallest absolute Gasteiger partial charge is 0.312 e. The van der Waals surface area contributed by atoms with Gasteiger partial charge in [0, 0.05) is 24.4 Å². The SMILES string of the molecule is CC(=O)NCC(C)(C)C(C)(C)NC(N)=O. The number of urea groups is 1. The van der Waals surface area contributed by atoms with Crippen molar-refractivity contribution < 1.29 is 9.59 Å². The minimum Gasteiger partial charge on any atom is -0.356 e. The summed E-state index contributed by atoms with van der Waals surface area (Å²) in [5.74, 6) is -0.0852. The number of hydrogen-bond donors (Lipinski definition) is 3. The molecule has 0 aromatic carbocycles. The molecule has 0 aliphatic heterocycles. The molecule has 0 heterocycles. The van der Waals surface area contributed by atoms with Crippen molar-refractivity contribution >= 4 is 11.9 Å². The third-order valence-corrected chi connectivity index (χ3v) is 2.91. The number of nitrogens with two attached hydrogens (primary N) is 1. The van der Waals surface area contributed by atoms with Crippen LogP contribution in [0.2, 0.25) is 0 Å². The first-order chi connectivity index (χ1) is 6.58. The van der Waals surface area contributed by atoms with Gasteiger partial charge >= 0.3 is 6.03 Å². The van der Waals surface area contributed by atoms with Gasteiger partial charge in [0.1, 0.15) is 0 Å². The van der Waals surface area contributed by atoms with Crippen LogP contribution in [0.25, 0.3) is 0 Å². The van der Waals surface area contributed by atoms with Crippen molar-refractivity contribution in [1.82, 2.24) is 10.6 Å². The van der Waals surface area contributed by atoms with Gasteiger partial charge in [-0.15, -0.1) is 0 Å². The summed E-state index contributed by atoms with van der Waals surface area (Å²) in [6.45, 7) is 9.61. The lowest BCUT2D eigenvalue weighted by Gasteiger charge is -2.41. The number of hydrogen-bond acceptors (Lipinski definition) is 2. The molecule has 5 nitrogen and oxygen atoms in total. The first kappa shape index (κ1) is 13.7. The molecule has 0 aromatic heterocycles. The molecular formula is C10H21N3O2. The summed E-state index contributed by atoms with van der Waals surface area (Å²) in [7, 11) is 0. The minimum absolute atomic E-state index is 0.0852. The Morgan fingerprint density at radius 1 is 1.20 bits per heavy atom. The van der Waals surface area contributed by atoms with Crippen molar-refractivity contribution in [1.29, 1.82) is 0 Å². The largest absolute Gasteiger partial charge is 0.356 e. The fraction of sp³-hybridized carbons (Fsp3) is 0.800. The third kappa shape index (κ3) is 4.18. The van der Waals surface area contributed by atoms with Crippen LogP contribution in [0.5, 0.6) is 0 Å². The van der Waals surface area contributed by atoms with E-state index in [0.717, 1.165) is 0 Å². The molecule has 0 aliphatic rings. The quantitative estimate of drug-likeness (QED) is 0.641. The number of amides is 3.